The summed E-state index contributed by atoms with van der Waals surface area (Å²) in [4.78, 5) is 18.2. The molecule has 1 N–H and O–H groups in total. The number of anilines is 1. The molecule has 3 nitrogen and oxygen atoms in total. The molecule has 0 bridgehead atoms. The van der Waals surface area contributed by atoms with Crippen LogP contribution in [0.4, 0.5) is 11.4 Å². The SMILES string of the molecule is CC(C)CCCC(C)C1CCC2C3CC4=C5C(=Nc6ccccc6N4)C(=O)CCC5(C)C3CCC12C. The smallest absolute Gasteiger partial charge is 0.181 e. The lowest BCUT2D eigenvalue weighted by Gasteiger charge is -2.58. The quantitative estimate of drug-likeness (QED) is 0.452. The predicted octanol–water partition coefficient (Wildman–Crippen LogP) is 8.73. The van der Waals surface area contributed by atoms with Gasteiger partial charge in [-0.05, 0) is 91.6 Å². The summed E-state index contributed by atoms with van der Waals surface area (Å²) < 4.78 is 0. The first kappa shape index (κ1) is 24.4. The second kappa shape index (κ2) is 8.84. The van der Waals surface area contributed by atoms with Crippen LogP contribution in [0.5, 0.6) is 0 Å². The highest BCUT2D eigenvalue weighted by Gasteiger charge is 2.61. The minimum absolute atomic E-state index is 0.0579. The molecule has 0 amide bonds. The standard InChI is InChI=1S/C33H46N2O/c1-20(2)9-8-10-21(3)23-13-14-24-22-19-28-30-31(35-27-12-7-6-11-26(27)34-28)29(36)16-18-33(30,5)25(22)15-17-32(23,24)4/h6-7,11-12,20-25,34H,8-10,13-19H2,1-5H3. The third-order valence-electron chi connectivity index (χ3n) is 11.6. The van der Waals surface area contributed by atoms with Gasteiger partial charge in [-0.15, -0.1) is 0 Å². The van der Waals surface area contributed by atoms with E-state index in [4.69, 9.17) is 4.99 Å². The van der Waals surface area contributed by atoms with Gasteiger partial charge in [-0.3, -0.25) is 4.79 Å². The van der Waals surface area contributed by atoms with Crippen LogP contribution in [-0.2, 0) is 4.79 Å². The molecule has 1 aromatic carbocycles. The van der Waals surface area contributed by atoms with Gasteiger partial charge >= 0.3 is 0 Å². The monoisotopic (exact) mass is 486 g/mol. The van der Waals surface area contributed by atoms with Gasteiger partial charge < -0.3 is 5.32 Å². The Balaban J connectivity index is 1.33. The Morgan fingerprint density at radius 3 is 2.64 bits per heavy atom. The third kappa shape index (κ3) is 3.66. The molecule has 0 radical (unpaired) electrons. The summed E-state index contributed by atoms with van der Waals surface area (Å²) in [7, 11) is 0. The molecule has 5 aliphatic rings. The lowest BCUT2D eigenvalue weighted by molar-refractivity contribution is -0.115. The summed E-state index contributed by atoms with van der Waals surface area (Å²) in [6.07, 6.45) is 12.4. The van der Waals surface area contributed by atoms with Crippen molar-refractivity contribution in [2.75, 3.05) is 5.32 Å². The number of para-hydroxylation sites is 2. The van der Waals surface area contributed by atoms with E-state index in [2.05, 4.69) is 58.1 Å². The van der Waals surface area contributed by atoms with Gasteiger partial charge in [0.2, 0.25) is 0 Å². The maximum Gasteiger partial charge on any atom is 0.181 e. The van der Waals surface area contributed by atoms with Crippen LogP contribution in [0.25, 0.3) is 0 Å². The number of hydrogen-bond donors (Lipinski definition) is 1. The summed E-state index contributed by atoms with van der Waals surface area (Å²) in [5.74, 6) is 4.95. The largest absolute Gasteiger partial charge is 0.357 e. The fourth-order valence-corrected chi connectivity index (χ4v) is 9.80. The van der Waals surface area contributed by atoms with E-state index in [1.165, 1.54) is 56.2 Å². The highest BCUT2D eigenvalue weighted by molar-refractivity contribution is 6.48. The first-order valence-electron chi connectivity index (χ1n) is 14.9. The highest BCUT2D eigenvalue weighted by atomic mass is 16.1. The van der Waals surface area contributed by atoms with Crippen LogP contribution in [0.2, 0.25) is 0 Å². The van der Waals surface area contributed by atoms with Gasteiger partial charge in [-0.2, -0.15) is 0 Å². The van der Waals surface area contributed by atoms with Crippen molar-refractivity contribution < 1.29 is 4.79 Å². The Labute approximate surface area is 218 Å². The average molecular weight is 487 g/mol. The molecule has 194 valence electrons. The zero-order chi connectivity index (χ0) is 25.2. The maximum absolute atomic E-state index is 13.2. The molecule has 7 atom stereocenters. The number of rotatable bonds is 5. The first-order chi connectivity index (χ1) is 17.2. The Morgan fingerprint density at radius 2 is 1.83 bits per heavy atom. The summed E-state index contributed by atoms with van der Waals surface area (Å²) in [6.45, 7) is 12.4. The third-order valence-corrected chi connectivity index (χ3v) is 11.6. The van der Waals surface area contributed by atoms with E-state index in [0.29, 0.717) is 23.7 Å². The average Bonchev–Trinajstić information content (AvgIpc) is 3.09. The Morgan fingerprint density at radius 1 is 1.03 bits per heavy atom. The molecule has 0 aromatic heterocycles. The molecule has 1 aromatic rings. The number of benzene rings is 1. The van der Waals surface area contributed by atoms with Crippen LogP contribution < -0.4 is 5.32 Å². The van der Waals surface area contributed by atoms with Crippen LogP contribution in [0, 0.1) is 46.3 Å². The predicted molar refractivity (Wildman–Crippen MR) is 150 cm³/mol. The molecule has 0 saturated heterocycles. The van der Waals surface area contributed by atoms with E-state index in [0.717, 1.165) is 53.6 Å². The number of ketones is 1. The molecular formula is C33H46N2O. The Bertz CT molecular complexity index is 1110. The van der Waals surface area contributed by atoms with Gasteiger partial charge in [0.1, 0.15) is 5.71 Å². The van der Waals surface area contributed by atoms with Crippen molar-refractivity contribution in [1.29, 1.82) is 0 Å². The fourth-order valence-electron chi connectivity index (χ4n) is 9.80. The van der Waals surface area contributed by atoms with E-state index in [1.54, 1.807) is 0 Å². The topological polar surface area (TPSA) is 41.5 Å². The second-order valence-electron chi connectivity index (χ2n) is 13.9. The summed E-state index contributed by atoms with van der Waals surface area (Å²) in [5, 5.41) is 3.85. The number of hydrogen-bond acceptors (Lipinski definition) is 3. The molecule has 7 unspecified atom stereocenters. The van der Waals surface area contributed by atoms with Crippen LogP contribution >= 0.6 is 0 Å². The maximum atomic E-state index is 13.2. The molecule has 36 heavy (non-hydrogen) atoms. The van der Waals surface area contributed by atoms with Gasteiger partial charge in [-0.1, -0.05) is 66.0 Å². The van der Waals surface area contributed by atoms with Crippen molar-refractivity contribution in [1.82, 2.24) is 0 Å². The second-order valence-corrected chi connectivity index (χ2v) is 13.9. The number of fused-ring (bicyclic) bond motifs is 5. The van der Waals surface area contributed by atoms with Gasteiger partial charge in [0.25, 0.3) is 0 Å². The molecule has 3 heteroatoms. The van der Waals surface area contributed by atoms with Crippen LogP contribution in [0.1, 0.15) is 98.8 Å². The van der Waals surface area contributed by atoms with Crippen molar-refractivity contribution in [3.8, 4) is 0 Å². The van der Waals surface area contributed by atoms with Crippen molar-refractivity contribution in [3.63, 3.8) is 0 Å². The number of allylic oxidation sites excluding steroid dienone is 2. The summed E-state index contributed by atoms with van der Waals surface area (Å²) in [5.41, 5.74) is 5.87. The fraction of sp³-hybridized carbons (Fsp3) is 0.697. The number of nitrogens with one attached hydrogen (secondary N) is 1. The van der Waals surface area contributed by atoms with Crippen LogP contribution in [-0.4, -0.2) is 11.5 Å². The normalized spacial score (nSPS) is 37.8. The number of carbonyl (C=O) groups excluding carboxylic acids is 1. The Kier molecular flexibility index (Phi) is 6.00. The minimum atomic E-state index is 0.0579. The molecule has 1 heterocycles. The highest BCUT2D eigenvalue weighted by Crippen LogP contribution is 2.68. The summed E-state index contributed by atoms with van der Waals surface area (Å²) >= 11 is 0. The molecule has 1 aliphatic heterocycles. The molecule has 3 fully saturated rings. The number of aliphatic imine (C=N–C) groups is 1. The van der Waals surface area contributed by atoms with Gasteiger partial charge in [0, 0.05) is 23.1 Å². The van der Waals surface area contributed by atoms with E-state index in [1.807, 2.05) is 6.07 Å². The first-order valence-corrected chi connectivity index (χ1v) is 14.9. The number of nitrogens with zero attached hydrogens (tertiary/aromatic N) is 1. The molecule has 4 aliphatic carbocycles. The van der Waals surface area contributed by atoms with E-state index >= 15 is 0 Å². The van der Waals surface area contributed by atoms with Crippen LogP contribution in [0.3, 0.4) is 0 Å². The molecule has 6 rings (SSSR count). The Hall–Kier alpha value is -1.90. The molecule has 0 spiro atoms. The lowest BCUT2D eigenvalue weighted by atomic mass is 9.46. The zero-order valence-corrected chi connectivity index (χ0v) is 23.2. The number of carbonyl (C=O) groups is 1. The molecule has 3 saturated carbocycles. The van der Waals surface area contributed by atoms with E-state index in [9.17, 15) is 4.79 Å². The van der Waals surface area contributed by atoms with Crippen molar-refractivity contribution in [3.05, 3.63) is 35.5 Å². The van der Waals surface area contributed by atoms with Crippen molar-refractivity contribution in [2.24, 2.45) is 51.3 Å². The lowest BCUT2D eigenvalue weighted by Crippen LogP contribution is -2.53. The van der Waals surface area contributed by atoms with Gasteiger partial charge in [-0.25, -0.2) is 4.99 Å². The number of Topliss-reactive ketones (excluding diaryl/α,β-unsaturated/α-hetero) is 1. The summed E-state index contributed by atoms with van der Waals surface area (Å²) in [6, 6.07) is 8.30. The van der Waals surface area contributed by atoms with Crippen molar-refractivity contribution >= 4 is 22.9 Å². The van der Waals surface area contributed by atoms with Crippen molar-refractivity contribution in [2.45, 2.75) is 98.8 Å². The zero-order valence-electron chi connectivity index (χ0n) is 23.2. The van der Waals surface area contributed by atoms with Gasteiger partial charge in [0.15, 0.2) is 5.78 Å². The minimum Gasteiger partial charge on any atom is -0.357 e. The van der Waals surface area contributed by atoms with E-state index < -0.39 is 0 Å². The van der Waals surface area contributed by atoms with E-state index in [-0.39, 0.29) is 11.2 Å². The van der Waals surface area contributed by atoms with Gasteiger partial charge in [0.05, 0.1) is 11.4 Å². The van der Waals surface area contributed by atoms with Crippen LogP contribution in [0.15, 0.2) is 40.5 Å². The molecular weight excluding hydrogens is 440 g/mol.